The second-order valence-electron chi connectivity index (χ2n) is 8.77. The predicted molar refractivity (Wildman–Crippen MR) is 122 cm³/mol. The number of tetrazole rings is 1. The first-order valence-corrected chi connectivity index (χ1v) is 10.8. The first-order valence-electron chi connectivity index (χ1n) is 10.4. The van der Waals surface area contributed by atoms with Gasteiger partial charge in [-0.3, -0.25) is 4.90 Å². The van der Waals surface area contributed by atoms with Gasteiger partial charge in [-0.05, 0) is 78.7 Å². The predicted octanol–water partition coefficient (Wildman–Crippen LogP) is 4.19. The van der Waals surface area contributed by atoms with Crippen molar-refractivity contribution in [2.75, 3.05) is 20.8 Å². The molecule has 0 unspecified atom stereocenters. The summed E-state index contributed by atoms with van der Waals surface area (Å²) in [5.74, 6) is 1.50. The molecule has 0 spiro atoms. The molecular weight excluding hydrogens is 410 g/mol. The molecule has 1 aliphatic heterocycles. The SMILES string of the molecule is COc1cc2c(cc1OC)[C@H](c1ccccc1)N(Cn1nnn(C(C)(C)C)c1=S)CC2. The van der Waals surface area contributed by atoms with E-state index in [1.807, 2.05) is 10.7 Å². The Labute approximate surface area is 188 Å². The van der Waals surface area contributed by atoms with Crippen LogP contribution in [0.15, 0.2) is 42.5 Å². The van der Waals surface area contributed by atoms with Crippen LogP contribution in [0.4, 0.5) is 0 Å². The van der Waals surface area contributed by atoms with E-state index in [9.17, 15) is 0 Å². The number of fused-ring (bicyclic) bond motifs is 1. The Balaban J connectivity index is 1.77. The molecule has 0 saturated carbocycles. The number of aromatic nitrogens is 4. The largest absolute Gasteiger partial charge is 0.493 e. The van der Waals surface area contributed by atoms with Crippen molar-refractivity contribution in [3.05, 3.63) is 63.9 Å². The summed E-state index contributed by atoms with van der Waals surface area (Å²) in [6.45, 7) is 7.65. The van der Waals surface area contributed by atoms with Crippen LogP contribution >= 0.6 is 12.2 Å². The van der Waals surface area contributed by atoms with Crippen molar-refractivity contribution in [3.8, 4) is 11.5 Å². The Morgan fingerprint density at radius 3 is 2.32 bits per heavy atom. The van der Waals surface area contributed by atoms with Gasteiger partial charge < -0.3 is 9.47 Å². The standard InChI is InChI=1S/C23H29N5O2S/c1-23(2,3)28-22(31)27(24-25-28)15-26-12-11-17-13-19(29-4)20(30-5)14-18(17)21(26)16-9-7-6-8-10-16/h6-10,13-14,21H,11-12,15H2,1-5H3/t21-/m0/s1. The molecule has 31 heavy (non-hydrogen) atoms. The van der Waals surface area contributed by atoms with Crippen molar-refractivity contribution in [2.45, 2.75) is 45.4 Å². The van der Waals surface area contributed by atoms with Crippen molar-refractivity contribution < 1.29 is 9.47 Å². The van der Waals surface area contributed by atoms with Crippen LogP contribution in [0.3, 0.4) is 0 Å². The fourth-order valence-corrected chi connectivity index (χ4v) is 4.54. The van der Waals surface area contributed by atoms with Gasteiger partial charge in [-0.25, -0.2) is 9.36 Å². The molecule has 4 rings (SSSR count). The van der Waals surface area contributed by atoms with Crippen molar-refractivity contribution >= 4 is 12.2 Å². The smallest absolute Gasteiger partial charge is 0.217 e. The van der Waals surface area contributed by atoms with Gasteiger partial charge >= 0.3 is 0 Å². The first kappa shape index (κ1) is 21.5. The molecule has 2 aromatic carbocycles. The normalized spacial score (nSPS) is 16.7. The van der Waals surface area contributed by atoms with Crippen molar-refractivity contribution in [3.63, 3.8) is 0 Å². The Hall–Kier alpha value is -2.71. The third-order valence-electron chi connectivity index (χ3n) is 5.68. The number of hydrogen-bond donors (Lipinski definition) is 0. The van der Waals surface area contributed by atoms with Gasteiger partial charge in [0, 0.05) is 6.54 Å². The summed E-state index contributed by atoms with van der Waals surface area (Å²) < 4.78 is 15.4. The highest BCUT2D eigenvalue weighted by Crippen LogP contribution is 2.41. The summed E-state index contributed by atoms with van der Waals surface area (Å²) in [5, 5.41) is 8.67. The number of hydrogen-bond acceptors (Lipinski definition) is 6. The molecule has 1 atom stereocenters. The average molecular weight is 440 g/mol. The van der Waals surface area contributed by atoms with Crippen LogP contribution < -0.4 is 9.47 Å². The lowest BCUT2D eigenvalue weighted by Crippen LogP contribution is -2.38. The maximum atomic E-state index is 5.69. The van der Waals surface area contributed by atoms with Crippen LogP contribution in [0.25, 0.3) is 0 Å². The van der Waals surface area contributed by atoms with Crippen molar-refractivity contribution in [1.29, 1.82) is 0 Å². The van der Waals surface area contributed by atoms with Crippen LogP contribution in [0, 0.1) is 4.77 Å². The van der Waals surface area contributed by atoms with Gasteiger partial charge in [0.2, 0.25) is 4.77 Å². The molecule has 8 heteroatoms. The molecular formula is C23H29N5O2S. The minimum absolute atomic E-state index is 0.0476. The van der Waals surface area contributed by atoms with Gasteiger partial charge in [0.25, 0.3) is 0 Å². The lowest BCUT2D eigenvalue weighted by Gasteiger charge is -2.37. The number of benzene rings is 2. The van der Waals surface area contributed by atoms with E-state index < -0.39 is 0 Å². The minimum Gasteiger partial charge on any atom is -0.493 e. The van der Waals surface area contributed by atoms with E-state index in [-0.39, 0.29) is 11.6 Å². The third-order valence-corrected chi connectivity index (χ3v) is 6.06. The maximum Gasteiger partial charge on any atom is 0.217 e. The number of methoxy groups -OCH3 is 2. The molecule has 1 aromatic heterocycles. The van der Waals surface area contributed by atoms with Gasteiger partial charge in [0.05, 0.1) is 32.5 Å². The Morgan fingerprint density at radius 2 is 1.71 bits per heavy atom. The Morgan fingerprint density at radius 1 is 1.03 bits per heavy atom. The summed E-state index contributed by atoms with van der Waals surface area (Å²) in [6, 6.07) is 14.8. The molecule has 1 aliphatic rings. The van der Waals surface area contributed by atoms with Gasteiger partial charge in [-0.15, -0.1) is 0 Å². The van der Waals surface area contributed by atoms with Crippen LogP contribution in [-0.4, -0.2) is 45.5 Å². The van der Waals surface area contributed by atoms with E-state index in [1.165, 1.54) is 16.7 Å². The van der Waals surface area contributed by atoms with E-state index in [0.29, 0.717) is 11.4 Å². The summed E-state index contributed by atoms with van der Waals surface area (Å²) in [4.78, 5) is 2.39. The highest BCUT2D eigenvalue weighted by atomic mass is 32.1. The summed E-state index contributed by atoms with van der Waals surface area (Å²) in [5.41, 5.74) is 3.48. The fourth-order valence-electron chi connectivity index (χ4n) is 4.13. The van der Waals surface area contributed by atoms with Crippen molar-refractivity contribution in [2.24, 2.45) is 0 Å². The highest BCUT2D eigenvalue weighted by molar-refractivity contribution is 7.71. The minimum atomic E-state index is -0.216. The molecule has 164 valence electrons. The molecule has 7 nitrogen and oxygen atoms in total. The number of rotatable bonds is 5. The second kappa shape index (κ2) is 8.43. The number of nitrogens with zero attached hydrogens (tertiary/aromatic N) is 5. The van der Waals surface area contributed by atoms with E-state index >= 15 is 0 Å². The molecule has 0 aliphatic carbocycles. The van der Waals surface area contributed by atoms with Gasteiger partial charge in [0.15, 0.2) is 11.5 Å². The van der Waals surface area contributed by atoms with E-state index in [2.05, 4.69) is 72.5 Å². The molecule has 0 fully saturated rings. The third kappa shape index (κ3) is 4.09. The first-order chi connectivity index (χ1) is 14.8. The van der Waals surface area contributed by atoms with Crippen LogP contribution in [-0.2, 0) is 18.6 Å². The molecule has 0 radical (unpaired) electrons. The lowest BCUT2D eigenvalue weighted by atomic mass is 9.88. The van der Waals surface area contributed by atoms with Crippen molar-refractivity contribution in [1.82, 2.24) is 24.7 Å². The Kier molecular flexibility index (Phi) is 5.85. The zero-order valence-corrected chi connectivity index (χ0v) is 19.5. The molecule has 0 N–H and O–H groups in total. The Bertz CT molecular complexity index is 1120. The molecule has 0 amide bonds. The quantitative estimate of drug-likeness (QED) is 0.556. The summed E-state index contributed by atoms with van der Waals surface area (Å²) in [6.07, 6.45) is 0.903. The fraction of sp³-hybridized carbons (Fsp3) is 0.435. The van der Waals surface area contributed by atoms with E-state index in [1.54, 1.807) is 18.9 Å². The van der Waals surface area contributed by atoms with E-state index in [0.717, 1.165) is 24.5 Å². The summed E-state index contributed by atoms with van der Waals surface area (Å²) >= 11 is 5.69. The van der Waals surface area contributed by atoms with Gasteiger partial charge in [-0.2, -0.15) is 0 Å². The average Bonchev–Trinajstić information content (AvgIpc) is 3.13. The maximum absolute atomic E-state index is 5.69. The highest BCUT2D eigenvalue weighted by Gasteiger charge is 2.31. The van der Waals surface area contributed by atoms with Gasteiger partial charge in [-0.1, -0.05) is 30.3 Å². The molecule has 2 heterocycles. The number of ether oxygens (including phenoxy) is 2. The monoisotopic (exact) mass is 439 g/mol. The summed E-state index contributed by atoms with van der Waals surface area (Å²) in [7, 11) is 3.35. The second-order valence-corrected chi connectivity index (χ2v) is 9.13. The zero-order valence-electron chi connectivity index (χ0n) is 18.7. The van der Waals surface area contributed by atoms with Crippen LogP contribution in [0.5, 0.6) is 11.5 Å². The molecule has 0 bridgehead atoms. The van der Waals surface area contributed by atoms with E-state index in [4.69, 9.17) is 21.7 Å². The lowest BCUT2D eigenvalue weighted by molar-refractivity contribution is 0.153. The topological polar surface area (TPSA) is 57.3 Å². The van der Waals surface area contributed by atoms with Crippen LogP contribution in [0.2, 0.25) is 0 Å². The van der Waals surface area contributed by atoms with Gasteiger partial charge in [0.1, 0.15) is 0 Å². The molecule has 0 saturated heterocycles. The van der Waals surface area contributed by atoms with Crippen LogP contribution in [0.1, 0.15) is 43.5 Å². The zero-order chi connectivity index (χ0) is 22.2. The molecule has 3 aromatic rings.